The number of amides is 1. The smallest absolute Gasteiger partial charge is 0.271 e. The summed E-state index contributed by atoms with van der Waals surface area (Å²) in [6, 6.07) is 4.14. The summed E-state index contributed by atoms with van der Waals surface area (Å²) in [6.07, 6.45) is 4.60. The second kappa shape index (κ2) is 6.26. The molecule has 0 aromatic carbocycles. The standard InChI is InChI=1S/C16H21ClN4O/c1-11(2)20-6-5-12(8-20)7-18-16(22)14-10-21-9-13(17)3-4-15(21)19-14/h3-4,9-12H,5-8H2,1-2H3,(H,18,22)/t12-/m1/s1. The molecule has 22 heavy (non-hydrogen) atoms. The molecule has 1 N–H and O–H groups in total. The predicted octanol–water partition coefficient (Wildman–Crippen LogP) is 2.45. The third-order valence-electron chi connectivity index (χ3n) is 4.25. The van der Waals surface area contributed by atoms with Gasteiger partial charge in [0.25, 0.3) is 5.91 Å². The zero-order chi connectivity index (χ0) is 15.7. The molecular formula is C16H21ClN4O. The van der Waals surface area contributed by atoms with Crippen molar-refractivity contribution in [2.24, 2.45) is 5.92 Å². The van der Waals surface area contributed by atoms with Crippen LogP contribution >= 0.6 is 11.6 Å². The summed E-state index contributed by atoms with van der Waals surface area (Å²) in [5.74, 6) is 0.403. The highest BCUT2D eigenvalue weighted by molar-refractivity contribution is 6.30. The van der Waals surface area contributed by atoms with Gasteiger partial charge < -0.3 is 14.6 Å². The van der Waals surface area contributed by atoms with Gasteiger partial charge in [-0.25, -0.2) is 4.98 Å². The van der Waals surface area contributed by atoms with E-state index in [2.05, 4.69) is 29.0 Å². The summed E-state index contributed by atoms with van der Waals surface area (Å²) in [5.41, 5.74) is 1.15. The van der Waals surface area contributed by atoms with E-state index in [-0.39, 0.29) is 5.91 Å². The molecule has 2 aromatic heterocycles. The van der Waals surface area contributed by atoms with Crippen molar-refractivity contribution in [2.75, 3.05) is 19.6 Å². The van der Waals surface area contributed by atoms with Gasteiger partial charge in [0.2, 0.25) is 0 Å². The van der Waals surface area contributed by atoms with Crippen molar-refractivity contribution in [3.63, 3.8) is 0 Å². The van der Waals surface area contributed by atoms with Crippen LogP contribution in [0.15, 0.2) is 24.5 Å². The number of carbonyl (C=O) groups is 1. The second-order valence-corrected chi connectivity index (χ2v) is 6.63. The molecule has 1 amide bonds. The Morgan fingerprint density at radius 2 is 2.27 bits per heavy atom. The lowest BCUT2D eigenvalue weighted by Gasteiger charge is -2.20. The van der Waals surface area contributed by atoms with E-state index in [0.717, 1.165) is 25.2 Å². The van der Waals surface area contributed by atoms with Gasteiger partial charge in [-0.3, -0.25) is 4.79 Å². The Morgan fingerprint density at radius 1 is 1.45 bits per heavy atom. The van der Waals surface area contributed by atoms with Gasteiger partial charge in [-0.1, -0.05) is 11.6 Å². The van der Waals surface area contributed by atoms with Crippen molar-refractivity contribution in [3.8, 4) is 0 Å². The lowest BCUT2D eigenvalue weighted by molar-refractivity contribution is 0.0942. The Hall–Kier alpha value is -1.59. The number of carbonyl (C=O) groups excluding carboxylic acids is 1. The highest BCUT2D eigenvalue weighted by atomic mass is 35.5. The number of halogens is 1. The lowest BCUT2D eigenvalue weighted by Crippen LogP contribution is -2.33. The monoisotopic (exact) mass is 320 g/mol. The SMILES string of the molecule is CC(C)N1CC[C@H](CNC(=O)c2cn3cc(Cl)ccc3n2)C1. The molecule has 1 atom stereocenters. The Morgan fingerprint density at radius 3 is 3.00 bits per heavy atom. The van der Waals surface area contributed by atoms with Crippen LogP contribution in [0, 0.1) is 5.92 Å². The summed E-state index contributed by atoms with van der Waals surface area (Å²) in [5, 5.41) is 3.62. The van der Waals surface area contributed by atoms with E-state index in [4.69, 9.17) is 11.6 Å². The van der Waals surface area contributed by atoms with Gasteiger partial charge in [0, 0.05) is 31.5 Å². The molecule has 5 nitrogen and oxygen atoms in total. The van der Waals surface area contributed by atoms with Crippen LogP contribution in [-0.4, -0.2) is 45.9 Å². The number of aromatic nitrogens is 2. The molecule has 0 bridgehead atoms. The van der Waals surface area contributed by atoms with E-state index in [1.807, 2.05) is 0 Å². The van der Waals surface area contributed by atoms with Crippen LogP contribution in [0.3, 0.4) is 0 Å². The third-order valence-corrected chi connectivity index (χ3v) is 4.47. The molecule has 0 aliphatic carbocycles. The van der Waals surface area contributed by atoms with Gasteiger partial charge in [0.1, 0.15) is 11.3 Å². The van der Waals surface area contributed by atoms with Crippen LogP contribution in [0.25, 0.3) is 5.65 Å². The summed E-state index contributed by atoms with van der Waals surface area (Å²) in [4.78, 5) is 19.0. The Kier molecular flexibility index (Phi) is 4.36. The quantitative estimate of drug-likeness (QED) is 0.941. The van der Waals surface area contributed by atoms with Crippen LogP contribution in [0.2, 0.25) is 5.02 Å². The minimum Gasteiger partial charge on any atom is -0.350 e. The van der Waals surface area contributed by atoms with Crippen molar-refractivity contribution in [3.05, 3.63) is 35.2 Å². The molecule has 1 aliphatic heterocycles. The van der Waals surface area contributed by atoms with Crippen molar-refractivity contribution in [1.29, 1.82) is 0 Å². The highest BCUT2D eigenvalue weighted by Crippen LogP contribution is 2.18. The summed E-state index contributed by atoms with van der Waals surface area (Å²) < 4.78 is 1.77. The van der Waals surface area contributed by atoms with Gasteiger partial charge in [-0.05, 0) is 44.9 Å². The third kappa shape index (κ3) is 3.25. The minimum absolute atomic E-state index is 0.122. The fraction of sp³-hybridized carbons (Fsp3) is 0.500. The van der Waals surface area contributed by atoms with Crippen LogP contribution in [-0.2, 0) is 0 Å². The molecule has 118 valence electrons. The molecule has 0 radical (unpaired) electrons. The molecule has 6 heteroatoms. The average Bonchev–Trinajstić information content (AvgIpc) is 3.10. The summed E-state index contributed by atoms with van der Waals surface area (Å²) in [7, 11) is 0. The van der Waals surface area contributed by atoms with Crippen molar-refractivity contribution >= 4 is 23.2 Å². The fourth-order valence-electron chi connectivity index (χ4n) is 2.90. The highest BCUT2D eigenvalue weighted by Gasteiger charge is 2.24. The molecule has 1 aliphatic rings. The Labute approximate surface area is 135 Å². The Balaban J connectivity index is 1.59. The molecule has 0 saturated carbocycles. The maximum Gasteiger partial charge on any atom is 0.271 e. The first-order chi connectivity index (χ1) is 10.5. The van der Waals surface area contributed by atoms with E-state index in [1.165, 1.54) is 0 Å². The molecule has 3 heterocycles. The number of hydrogen-bond acceptors (Lipinski definition) is 3. The van der Waals surface area contributed by atoms with Crippen LogP contribution in [0.5, 0.6) is 0 Å². The predicted molar refractivity (Wildman–Crippen MR) is 87.4 cm³/mol. The first-order valence-electron chi connectivity index (χ1n) is 7.69. The summed E-state index contributed by atoms with van der Waals surface area (Å²) >= 11 is 5.94. The van der Waals surface area contributed by atoms with E-state index < -0.39 is 0 Å². The molecular weight excluding hydrogens is 300 g/mol. The van der Waals surface area contributed by atoms with Crippen LogP contribution in [0.1, 0.15) is 30.8 Å². The van der Waals surface area contributed by atoms with Gasteiger partial charge in [-0.2, -0.15) is 0 Å². The molecule has 1 fully saturated rings. The maximum atomic E-state index is 12.2. The van der Waals surface area contributed by atoms with Crippen LogP contribution < -0.4 is 5.32 Å². The zero-order valence-corrected chi connectivity index (χ0v) is 13.7. The number of fused-ring (bicyclic) bond motifs is 1. The minimum atomic E-state index is -0.122. The number of pyridine rings is 1. The molecule has 0 unspecified atom stereocenters. The average molecular weight is 321 g/mol. The van der Waals surface area contributed by atoms with Crippen molar-refractivity contribution in [2.45, 2.75) is 26.3 Å². The van der Waals surface area contributed by atoms with Gasteiger partial charge in [0.05, 0.1) is 5.02 Å². The number of imidazole rings is 1. The van der Waals surface area contributed by atoms with E-state index in [9.17, 15) is 4.79 Å². The molecule has 1 saturated heterocycles. The number of rotatable bonds is 4. The topological polar surface area (TPSA) is 49.6 Å². The molecule has 2 aromatic rings. The molecule has 3 rings (SSSR count). The fourth-order valence-corrected chi connectivity index (χ4v) is 3.07. The molecule has 0 spiro atoms. The maximum absolute atomic E-state index is 12.2. The number of likely N-dealkylation sites (tertiary alicyclic amines) is 1. The van der Waals surface area contributed by atoms with Gasteiger partial charge >= 0.3 is 0 Å². The Bertz CT molecular complexity index is 682. The van der Waals surface area contributed by atoms with E-state index in [0.29, 0.717) is 29.2 Å². The summed E-state index contributed by atoms with van der Waals surface area (Å²) in [6.45, 7) is 7.30. The van der Waals surface area contributed by atoms with Crippen molar-refractivity contribution in [1.82, 2.24) is 19.6 Å². The van der Waals surface area contributed by atoms with Gasteiger partial charge in [-0.15, -0.1) is 0 Å². The van der Waals surface area contributed by atoms with Gasteiger partial charge in [0.15, 0.2) is 0 Å². The number of hydrogen-bond donors (Lipinski definition) is 1. The first-order valence-corrected chi connectivity index (χ1v) is 8.07. The number of nitrogens with zero attached hydrogens (tertiary/aromatic N) is 3. The normalized spacial score (nSPS) is 19.2. The van der Waals surface area contributed by atoms with Crippen LogP contribution in [0.4, 0.5) is 0 Å². The second-order valence-electron chi connectivity index (χ2n) is 6.19. The van der Waals surface area contributed by atoms with Crippen molar-refractivity contribution < 1.29 is 4.79 Å². The number of nitrogens with one attached hydrogen (secondary N) is 1. The largest absolute Gasteiger partial charge is 0.350 e. The van der Waals surface area contributed by atoms with E-state index in [1.54, 1.807) is 28.9 Å². The zero-order valence-electron chi connectivity index (χ0n) is 12.9. The first kappa shape index (κ1) is 15.3. The van der Waals surface area contributed by atoms with E-state index >= 15 is 0 Å². The lowest BCUT2D eigenvalue weighted by atomic mass is 10.1.